The van der Waals surface area contributed by atoms with E-state index in [4.69, 9.17) is 4.74 Å². The third kappa shape index (κ3) is 6.37. The summed E-state index contributed by atoms with van der Waals surface area (Å²) >= 11 is 0. The molecular formula is C27H34N6O6S. The minimum Gasteiger partial charge on any atom is -0.485 e. The smallest absolute Gasteiger partial charge is 0.321 e. The number of hydrogen-bond acceptors (Lipinski definition) is 7. The number of sulfonamides is 1. The molecule has 0 fully saturated rings. The molecule has 2 aromatic carbocycles. The molecule has 0 spiro atoms. The average Bonchev–Trinajstić information content (AvgIpc) is 3.38. The van der Waals surface area contributed by atoms with Gasteiger partial charge >= 0.3 is 6.03 Å². The van der Waals surface area contributed by atoms with Crippen LogP contribution in [0.5, 0.6) is 5.75 Å². The molecule has 2 heterocycles. The van der Waals surface area contributed by atoms with Crippen LogP contribution >= 0.6 is 0 Å². The summed E-state index contributed by atoms with van der Waals surface area (Å²) in [6.07, 6.45) is 2.09. The maximum Gasteiger partial charge on any atom is 0.321 e. The van der Waals surface area contributed by atoms with E-state index in [1.165, 1.54) is 28.1 Å². The molecule has 0 saturated carbocycles. The highest BCUT2D eigenvalue weighted by molar-refractivity contribution is 7.92. The van der Waals surface area contributed by atoms with Crippen molar-refractivity contribution in [3.8, 4) is 5.75 Å². The number of nitrogens with zero attached hydrogens (tertiary/aromatic N) is 4. The fourth-order valence-corrected chi connectivity index (χ4v) is 5.41. The number of anilines is 2. The first kappa shape index (κ1) is 28.9. The molecule has 0 unspecified atom stereocenters. The molecule has 0 saturated heterocycles. The molecule has 40 heavy (non-hydrogen) atoms. The maximum absolute atomic E-state index is 13.6. The van der Waals surface area contributed by atoms with Crippen molar-refractivity contribution in [3.63, 3.8) is 0 Å². The summed E-state index contributed by atoms with van der Waals surface area (Å²) < 4.78 is 36.6. The van der Waals surface area contributed by atoms with E-state index in [0.29, 0.717) is 5.69 Å². The Kier molecular flexibility index (Phi) is 8.64. The van der Waals surface area contributed by atoms with E-state index in [2.05, 4.69) is 15.0 Å². The second kappa shape index (κ2) is 12.0. The minimum atomic E-state index is -4.10. The summed E-state index contributed by atoms with van der Waals surface area (Å²) in [5.41, 5.74) is 0.828. The van der Waals surface area contributed by atoms with E-state index in [1.807, 2.05) is 25.1 Å². The van der Waals surface area contributed by atoms with Crippen molar-refractivity contribution in [3.05, 3.63) is 66.6 Å². The van der Waals surface area contributed by atoms with Crippen LogP contribution in [-0.2, 0) is 17.1 Å². The van der Waals surface area contributed by atoms with Crippen molar-refractivity contribution in [1.82, 2.24) is 19.4 Å². The molecule has 3 N–H and O–H groups in total. The van der Waals surface area contributed by atoms with Crippen molar-refractivity contribution in [1.29, 1.82) is 0 Å². The fourth-order valence-electron chi connectivity index (χ4n) is 4.36. The largest absolute Gasteiger partial charge is 0.485 e. The molecule has 4 rings (SSSR count). The zero-order valence-electron chi connectivity index (χ0n) is 22.8. The van der Waals surface area contributed by atoms with Crippen LogP contribution < -0.4 is 14.8 Å². The van der Waals surface area contributed by atoms with Gasteiger partial charge in [0.1, 0.15) is 6.10 Å². The molecule has 214 valence electrons. The second-order valence-electron chi connectivity index (χ2n) is 9.96. The third-order valence-electron chi connectivity index (χ3n) is 6.72. The van der Waals surface area contributed by atoms with E-state index in [9.17, 15) is 23.1 Å². The van der Waals surface area contributed by atoms with Gasteiger partial charge in [-0.2, -0.15) is 8.42 Å². The molecule has 3 aromatic rings. The van der Waals surface area contributed by atoms with Gasteiger partial charge in [0.15, 0.2) is 10.8 Å². The third-order valence-corrected chi connectivity index (χ3v) is 7.97. The number of para-hydroxylation sites is 2. The number of carbonyl (C=O) groups excluding carboxylic acids is 2. The molecule has 0 bridgehead atoms. The lowest BCUT2D eigenvalue weighted by atomic mass is 9.99. The summed E-state index contributed by atoms with van der Waals surface area (Å²) in [5, 5.41) is 12.5. The van der Waals surface area contributed by atoms with Crippen molar-refractivity contribution < 1.29 is 27.9 Å². The Morgan fingerprint density at radius 2 is 1.95 bits per heavy atom. The molecule has 1 aliphatic heterocycles. The van der Waals surface area contributed by atoms with Gasteiger partial charge in [-0.15, -0.1) is 0 Å². The van der Waals surface area contributed by atoms with Gasteiger partial charge in [-0.05, 0) is 31.2 Å². The van der Waals surface area contributed by atoms with Gasteiger partial charge in [0.2, 0.25) is 0 Å². The van der Waals surface area contributed by atoms with Gasteiger partial charge in [-0.1, -0.05) is 31.2 Å². The van der Waals surface area contributed by atoms with Crippen molar-refractivity contribution in [2.75, 3.05) is 36.8 Å². The van der Waals surface area contributed by atoms with Crippen LogP contribution in [0.1, 0.15) is 24.2 Å². The molecule has 0 aliphatic carbocycles. The summed E-state index contributed by atoms with van der Waals surface area (Å²) in [6, 6.07) is 12.8. The molecule has 13 heteroatoms. The number of aromatic nitrogens is 2. The Bertz CT molecular complexity index is 1460. The second-order valence-corrected chi connectivity index (χ2v) is 11.6. The van der Waals surface area contributed by atoms with E-state index >= 15 is 0 Å². The number of likely N-dealkylation sites (N-methyl/N-ethyl adjacent to an activating group) is 1. The predicted molar refractivity (Wildman–Crippen MR) is 150 cm³/mol. The van der Waals surface area contributed by atoms with Crippen LogP contribution in [0.4, 0.5) is 16.2 Å². The van der Waals surface area contributed by atoms with E-state index in [0.717, 1.165) is 0 Å². The number of nitrogens with one attached hydrogen (secondary N) is 2. The molecule has 1 aromatic heterocycles. The Balaban J connectivity index is 1.69. The van der Waals surface area contributed by atoms with E-state index < -0.39 is 28.1 Å². The number of carbonyl (C=O) groups is 2. The van der Waals surface area contributed by atoms with Crippen LogP contribution in [0.2, 0.25) is 0 Å². The number of ether oxygens (including phenoxy) is 1. The zero-order chi connectivity index (χ0) is 29.0. The Morgan fingerprint density at radius 3 is 2.60 bits per heavy atom. The van der Waals surface area contributed by atoms with Gasteiger partial charge in [0.05, 0.1) is 36.8 Å². The van der Waals surface area contributed by atoms with E-state index in [1.54, 1.807) is 50.2 Å². The maximum atomic E-state index is 13.6. The number of aryl methyl sites for hydroxylation is 1. The number of hydrogen-bond donors (Lipinski definition) is 3. The van der Waals surface area contributed by atoms with Gasteiger partial charge in [-0.25, -0.2) is 9.78 Å². The molecule has 12 nitrogen and oxygen atoms in total. The quantitative estimate of drug-likeness (QED) is 0.377. The van der Waals surface area contributed by atoms with Gasteiger partial charge in [0, 0.05) is 38.4 Å². The lowest BCUT2D eigenvalue weighted by Gasteiger charge is -2.38. The number of benzene rings is 2. The van der Waals surface area contributed by atoms with Crippen LogP contribution in [0.25, 0.3) is 0 Å². The number of fused-ring (bicyclic) bond motifs is 1. The van der Waals surface area contributed by atoms with Crippen LogP contribution in [0.15, 0.2) is 66.1 Å². The average molecular weight is 571 g/mol. The van der Waals surface area contributed by atoms with Crippen molar-refractivity contribution in [2.45, 2.75) is 31.0 Å². The first-order valence-electron chi connectivity index (χ1n) is 12.8. The first-order valence-corrected chi connectivity index (χ1v) is 14.3. The fraction of sp³-hybridized carbons (Fsp3) is 0.370. The number of urea groups is 1. The Hall–Kier alpha value is -4.10. The minimum absolute atomic E-state index is 0.0376. The Morgan fingerprint density at radius 1 is 1.23 bits per heavy atom. The Labute approximate surface area is 233 Å². The van der Waals surface area contributed by atoms with Crippen molar-refractivity contribution in [2.24, 2.45) is 13.0 Å². The van der Waals surface area contributed by atoms with Gasteiger partial charge in [-0.3, -0.25) is 9.52 Å². The molecule has 3 atom stereocenters. The predicted octanol–water partition coefficient (Wildman–Crippen LogP) is 2.60. The number of rotatable bonds is 8. The highest BCUT2D eigenvalue weighted by Crippen LogP contribution is 2.36. The lowest BCUT2D eigenvalue weighted by molar-refractivity contribution is 0.0373. The number of imidazole rings is 1. The highest BCUT2D eigenvalue weighted by Gasteiger charge is 2.35. The molecule has 0 radical (unpaired) electrons. The van der Waals surface area contributed by atoms with Crippen LogP contribution in [-0.4, -0.2) is 83.7 Å². The number of aliphatic hydroxyl groups excluding tert-OH is 1. The first-order chi connectivity index (χ1) is 19.0. The van der Waals surface area contributed by atoms with E-state index in [-0.39, 0.29) is 53.7 Å². The highest BCUT2D eigenvalue weighted by atomic mass is 32.2. The SMILES string of the molecule is C[C@@H]1CN([C@@H](C)CO)C(=O)c2cccc(NS(=O)(=O)c3cn(C)cn3)c2O[C@H]1CN(C)C(=O)Nc1ccccc1. The van der Waals surface area contributed by atoms with Crippen molar-refractivity contribution >= 4 is 33.3 Å². The molecular weight excluding hydrogens is 536 g/mol. The monoisotopic (exact) mass is 570 g/mol. The summed E-state index contributed by atoms with van der Waals surface area (Å²) in [7, 11) is -0.823. The van der Waals surface area contributed by atoms with Crippen LogP contribution in [0, 0.1) is 5.92 Å². The van der Waals surface area contributed by atoms with Gasteiger partial charge < -0.3 is 29.5 Å². The molecule has 3 amide bonds. The lowest BCUT2D eigenvalue weighted by Crippen LogP contribution is -2.50. The molecule has 1 aliphatic rings. The van der Waals surface area contributed by atoms with Gasteiger partial charge in [0.25, 0.3) is 15.9 Å². The summed E-state index contributed by atoms with van der Waals surface area (Å²) in [4.78, 5) is 33.5. The number of amides is 3. The van der Waals surface area contributed by atoms with Crippen LogP contribution in [0.3, 0.4) is 0 Å². The zero-order valence-corrected chi connectivity index (χ0v) is 23.6. The summed E-state index contributed by atoms with van der Waals surface area (Å²) in [6.45, 7) is 3.74. The number of aliphatic hydroxyl groups is 1. The standard InChI is InChI=1S/C27H34N6O6S/c1-18-13-33(19(2)16-34)26(35)21-11-8-12-22(30-40(37,38)24-15-31(3)17-28-24)25(21)39-23(18)14-32(4)27(36)29-20-9-6-5-7-10-20/h5-12,15,17-19,23,30,34H,13-14,16H2,1-4H3,(H,29,36)/t18-,19+,23+/m1/s1. The summed E-state index contributed by atoms with van der Waals surface area (Å²) in [5.74, 6) is -0.662. The topological polar surface area (TPSA) is 146 Å². The normalized spacial score (nSPS) is 18.1.